The molecule has 3 heterocycles. The quantitative estimate of drug-likeness (QED) is 0.599. The van der Waals surface area contributed by atoms with Gasteiger partial charge in [-0.15, -0.1) is 12.4 Å². The highest BCUT2D eigenvalue weighted by molar-refractivity contribution is 5.88. The van der Waals surface area contributed by atoms with Crippen LogP contribution in [0.5, 0.6) is 0 Å². The third-order valence-corrected chi connectivity index (χ3v) is 4.31. The van der Waals surface area contributed by atoms with Crippen molar-refractivity contribution < 1.29 is 9.53 Å². The summed E-state index contributed by atoms with van der Waals surface area (Å²) < 4.78 is 5.63. The van der Waals surface area contributed by atoms with Gasteiger partial charge in [0.25, 0.3) is 0 Å². The zero-order valence-corrected chi connectivity index (χ0v) is 9.70. The van der Waals surface area contributed by atoms with Gasteiger partial charge in [-0.2, -0.15) is 0 Å². The molecule has 2 bridgehead atoms. The van der Waals surface area contributed by atoms with E-state index in [9.17, 15) is 4.79 Å². The Bertz CT molecular complexity index is 417. The highest BCUT2D eigenvalue weighted by atomic mass is 35.5. The predicted octanol–water partition coefficient (Wildman–Crippen LogP) is 1.44. The summed E-state index contributed by atoms with van der Waals surface area (Å²) in [6.45, 7) is 1.16. The van der Waals surface area contributed by atoms with Crippen LogP contribution in [0.3, 0.4) is 0 Å². The molecule has 0 aromatic carbocycles. The van der Waals surface area contributed by atoms with Gasteiger partial charge in [-0.3, -0.25) is 4.90 Å². The lowest BCUT2D eigenvalue weighted by Gasteiger charge is -2.31. The van der Waals surface area contributed by atoms with Gasteiger partial charge in [0.1, 0.15) is 0 Å². The van der Waals surface area contributed by atoms with Gasteiger partial charge in [-0.25, -0.2) is 4.79 Å². The lowest BCUT2D eigenvalue weighted by Crippen LogP contribution is -2.42. The van der Waals surface area contributed by atoms with E-state index in [0.29, 0.717) is 12.1 Å². The number of halogens is 1. The molecule has 3 aliphatic heterocycles. The predicted molar refractivity (Wildman–Crippen MR) is 61.4 cm³/mol. The largest absolute Gasteiger partial charge is 0.449 e. The number of hydrogen-bond donors (Lipinski definition) is 0. The maximum absolute atomic E-state index is 11.4. The molecule has 1 spiro atoms. The Hall–Kier alpha value is -0.800. The number of hydrogen-bond acceptors (Lipinski definition) is 3. The van der Waals surface area contributed by atoms with Gasteiger partial charge >= 0.3 is 5.97 Å². The molecule has 4 heteroatoms. The molecule has 16 heavy (non-hydrogen) atoms. The Morgan fingerprint density at radius 3 is 3.25 bits per heavy atom. The van der Waals surface area contributed by atoms with Crippen molar-refractivity contribution in [3.63, 3.8) is 0 Å². The number of rotatable bonds is 0. The van der Waals surface area contributed by atoms with Crippen LogP contribution in [0, 0.1) is 0 Å². The monoisotopic (exact) mass is 239 g/mol. The lowest BCUT2D eigenvalue weighted by molar-refractivity contribution is -0.147. The van der Waals surface area contributed by atoms with Crippen LogP contribution in [0.25, 0.3) is 0 Å². The van der Waals surface area contributed by atoms with Crippen LogP contribution in [0.2, 0.25) is 0 Å². The molecule has 0 saturated carbocycles. The Kier molecular flexibility index (Phi) is 2.01. The Balaban J connectivity index is 0.000000810. The van der Waals surface area contributed by atoms with E-state index in [2.05, 4.69) is 17.1 Å². The van der Waals surface area contributed by atoms with Gasteiger partial charge in [-0.1, -0.05) is 12.2 Å². The van der Waals surface area contributed by atoms with E-state index in [-0.39, 0.29) is 24.0 Å². The maximum atomic E-state index is 11.4. The molecule has 0 N–H and O–H groups in total. The fraction of sp³-hybridized carbons (Fsp3) is 0.583. The topological polar surface area (TPSA) is 29.5 Å². The van der Waals surface area contributed by atoms with Crippen LogP contribution in [0.1, 0.15) is 19.3 Å². The Morgan fingerprint density at radius 2 is 2.38 bits per heavy atom. The van der Waals surface area contributed by atoms with Crippen LogP contribution < -0.4 is 0 Å². The summed E-state index contributed by atoms with van der Waals surface area (Å²) in [7, 11) is 0. The first-order chi connectivity index (χ1) is 7.29. The molecule has 2 saturated heterocycles. The van der Waals surface area contributed by atoms with Crippen LogP contribution in [0.15, 0.2) is 23.8 Å². The van der Waals surface area contributed by atoms with E-state index in [0.717, 1.165) is 18.5 Å². The minimum absolute atomic E-state index is 0. The number of carbonyl (C=O) groups is 1. The van der Waals surface area contributed by atoms with Gasteiger partial charge in [0, 0.05) is 24.1 Å². The van der Waals surface area contributed by atoms with Crippen molar-refractivity contribution in [1.82, 2.24) is 4.90 Å². The Morgan fingerprint density at radius 1 is 1.50 bits per heavy atom. The fourth-order valence-corrected chi connectivity index (χ4v) is 3.77. The lowest BCUT2D eigenvalue weighted by atomic mass is 9.81. The SMILES string of the molecule is Cl.O=C1C=C2C=C[C@@H]3C[C@@]2(O1)[C@H]1CCCN31. The maximum Gasteiger partial charge on any atom is 0.332 e. The molecular formula is C12H14ClNO2. The first kappa shape index (κ1) is 10.4. The third kappa shape index (κ3) is 1.01. The average Bonchev–Trinajstić information content (AvgIpc) is 2.82. The first-order valence-electron chi connectivity index (χ1n) is 5.69. The fourth-order valence-electron chi connectivity index (χ4n) is 3.77. The number of fused-ring (bicyclic) bond motifs is 3. The van der Waals surface area contributed by atoms with E-state index in [4.69, 9.17) is 4.74 Å². The highest BCUT2D eigenvalue weighted by Crippen LogP contribution is 2.51. The average molecular weight is 240 g/mol. The molecule has 2 fully saturated rings. The zero-order chi connectivity index (χ0) is 10.0. The van der Waals surface area contributed by atoms with Crippen LogP contribution in [-0.4, -0.2) is 35.1 Å². The summed E-state index contributed by atoms with van der Waals surface area (Å²) in [5, 5.41) is 0. The van der Waals surface area contributed by atoms with Crippen molar-refractivity contribution in [2.75, 3.05) is 6.54 Å². The number of esters is 1. The van der Waals surface area contributed by atoms with Crippen molar-refractivity contribution >= 4 is 18.4 Å². The molecule has 3 atom stereocenters. The molecule has 0 amide bonds. The van der Waals surface area contributed by atoms with Crippen molar-refractivity contribution in [2.45, 2.75) is 36.9 Å². The summed E-state index contributed by atoms with van der Waals surface area (Å²) in [5.41, 5.74) is 0.839. The van der Waals surface area contributed by atoms with Crippen molar-refractivity contribution in [3.8, 4) is 0 Å². The van der Waals surface area contributed by atoms with Gasteiger partial charge < -0.3 is 4.74 Å². The minimum Gasteiger partial charge on any atom is -0.449 e. The highest BCUT2D eigenvalue weighted by Gasteiger charge is 2.60. The van der Waals surface area contributed by atoms with E-state index in [1.807, 2.05) is 0 Å². The van der Waals surface area contributed by atoms with E-state index in [1.165, 1.54) is 12.8 Å². The number of ether oxygens (including phenoxy) is 1. The van der Waals surface area contributed by atoms with Gasteiger partial charge in [0.05, 0.1) is 6.04 Å². The molecule has 0 aromatic rings. The molecular weight excluding hydrogens is 226 g/mol. The molecule has 4 rings (SSSR count). The summed E-state index contributed by atoms with van der Waals surface area (Å²) in [6.07, 6.45) is 9.39. The van der Waals surface area contributed by atoms with Crippen LogP contribution >= 0.6 is 12.4 Å². The second kappa shape index (κ2) is 3.11. The molecule has 3 nitrogen and oxygen atoms in total. The van der Waals surface area contributed by atoms with Crippen LogP contribution in [0.4, 0.5) is 0 Å². The summed E-state index contributed by atoms with van der Waals surface area (Å²) >= 11 is 0. The van der Waals surface area contributed by atoms with E-state index < -0.39 is 0 Å². The first-order valence-corrected chi connectivity index (χ1v) is 5.69. The molecule has 1 aliphatic carbocycles. The summed E-state index contributed by atoms with van der Waals surface area (Å²) in [4.78, 5) is 13.9. The van der Waals surface area contributed by atoms with E-state index >= 15 is 0 Å². The molecule has 4 aliphatic rings. The zero-order valence-electron chi connectivity index (χ0n) is 8.89. The van der Waals surface area contributed by atoms with Crippen LogP contribution in [-0.2, 0) is 9.53 Å². The summed E-state index contributed by atoms with van der Waals surface area (Å²) in [5.74, 6) is -0.149. The van der Waals surface area contributed by atoms with Crippen molar-refractivity contribution in [3.05, 3.63) is 23.8 Å². The second-order valence-corrected chi connectivity index (χ2v) is 4.94. The van der Waals surface area contributed by atoms with E-state index in [1.54, 1.807) is 6.08 Å². The smallest absolute Gasteiger partial charge is 0.332 e. The molecule has 0 aromatic heterocycles. The van der Waals surface area contributed by atoms with Crippen molar-refractivity contribution in [1.29, 1.82) is 0 Å². The molecule has 86 valence electrons. The normalized spacial score (nSPS) is 43.5. The second-order valence-electron chi connectivity index (χ2n) is 4.94. The van der Waals surface area contributed by atoms with Gasteiger partial charge in [-0.05, 0) is 19.4 Å². The number of nitrogens with zero attached hydrogens (tertiary/aromatic N) is 1. The Labute approximate surface area is 101 Å². The molecule has 0 unspecified atom stereocenters. The van der Waals surface area contributed by atoms with Gasteiger partial charge in [0.2, 0.25) is 0 Å². The molecule has 0 radical (unpaired) electrons. The van der Waals surface area contributed by atoms with Gasteiger partial charge in [0.15, 0.2) is 5.60 Å². The third-order valence-electron chi connectivity index (χ3n) is 4.31. The summed E-state index contributed by atoms with van der Waals surface area (Å²) in [6, 6.07) is 0.941. The van der Waals surface area contributed by atoms with Crippen molar-refractivity contribution in [2.24, 2.45) is 0 Å². The number of carbonyl (C=O) groups excluding carboxylic acids is 1. The minimum atomic E-state index is -0.271. The standard InChI is InChI=1S/C12H13NO2.ClH/c14-11-6-8-3-4-9-7-12(8,15-11)10-2-1-5-13(9)10;/h3-4,6,9-10H,1-2,5,7H2;1H/t9-,10-,12+;/m1./s1.